The Kier molecular flexibility index (Phi) is 4.85. The van der Waals surface area contributed by atoms with Crippen LogP contribution in [0, 0.1) is 0 Å². The van der Waals surface area contributed by atoms with Gasteiger partial charge in [0.25, 0.3) is 0 Å². The molecule has 21 heavy (non-hydrogen) atoms. The molecule has 0 amide bonds. The quantitative estimate of drug-likeness (QED) is 0.923. The van der Waals surface area contributed by atoms with Crippen LogP contribution in [0.4, 0.5) is 0 Å². The highest BCUT2D eigenvalue weighted by Gasteiger charge is 2.39. The van der Waals surface area contributed by atoms with Gasteiger partial charge in [0.05, 0.1) is 5.60 Å². The molecular weight excluding hydrogens is 286 g/mol. The molecule has 3 nitrogen and oxygen atoms in total. The van der Waals surface area contributed by atoms with E-state index in [9.17, 15) is 0 Å². The maximum Gasteiger partial charge on any atom is 0.0741 e. The molecule has 0 saturated carbocycles. The fourth-order valence-corrected chi connectivity index (χ4v) is 3.69. The van der Waals surface area contributed by atoms with Gasteiger partial charge in [-0.15, -0.1) is 0 Å². The molecule has 4 heteroatoms. The molecule has 1 aromatic carbocycles. The Morgan fingerprint density at radius 1 is 1.29 bits per heavy atom. The zero-order valence-corrected chi connectivity index (χ0v) is 13.4. The first kappa shape index (κ1) is 15.3. The lowest BCUT2D eigenvalue weighted by Crippen LogP contribution is -2.50. The first-order chi connectivity index (χ1) is 10.2. The SMILES string of the molecule is C[C@H](NC1CCOC2(CCOCC2)C1)c1cccc(Cl)c1. The molecule has 2 saturated heterocycles. The third-order valence-corrected chi connectivity index (χ3v) is 4.97. The smallest absolute Gasteiger partial charge is 0.0741 e. The molecule has 1 N–H and O–H groups in total. The molecule has 0 bridgehead atoms. The highest BCUT2D eigenvalue weighted by molar-refractivity contribution is 6.30. The van der Waals surface area contributed by atoms with Crippen molar-refractivity contribution in [1.29, 1.82) is 0 Å². The zero-order chi connectivity index (χ0) is 14.7. The van der Waals surface area contributed by atoms with Gasteiger partial charge >= 0.3 is 0 Å². The first-order valence-electron chi connectivity index (χ1n) is 7.90. The molecule has 1 unspecified atom stereocenters. The van der Waals surface area contributed by atoms with Crippen molar-refractivity contribution in [2.24, 2.45) is 0 Å². The molecule has 0 aliphatic carbocycles. The molecule has 0 aromatic heterocycles. The second-order valence-corrected chi connectivity index (χ2v) is 6.71. The van der Waals surface area contributed by atoms with E-state index in [1.807, 2.05) is 18.2 Å². The molecule has 2 fully saturated rings. The van der Waals surface area contributed by atoms with Gasteiger partial charge in [0.15, 0.2) is 0 Å². The van der Waals surface area contributed by atoms with Crippen molar-refractivity contribution in [3.63, 3.8) is 0 Å². The molecule has 3 rings (SSSR count). The Hall–Kier alpha value is -0.610. The number of hydrogen-bond acceptors (Lipinski definition) is 3. The van der Waals surface area contributed by atoms with Crippen molar-refractivity contribution in [2.45, 2.75) is 50.3 Å². The summed E-state index contributed by atoms with van der Waals surface area (Å²) in [6, 6.07) is 8.92. The van der Waals surface area contributed by atoms with E-state index in [0.717, 1.165) is 50.5 Å². The van der Waals surface area contributed by atoms with Crippen molar-refractivity contribution >= 4 is 11.6 Å². The van der Waals surface area contributed by atoms with Crippen molar-refractivity contribution in [2.75, 3.05) is 19.8 Å². The van der Waals surface area contributed by atoms with Gasteiger partial charge in [0.1, 0.15) is 0 Å². The van der Waals surface area contributed by atoms with Gasteiger partial charge < -0.3 is 14.8 Å². The van der Waals surface area contributed by atoms with E-state index < -0.39 is 0 Å². The Bertz CT molecular complexity index is 468. The lowest BCUT2D eigenvalue weighted by molar-refractivity contribution is -0.140. The Labute approximate surface area is 132 Å². The Balaban J connectivity index is 1.61. The second kappa shape index (κ2) is 6.66. The van der Waals surface area contributed by atoms with Gasteiger partial charge in [-0.3, -0.25) is 0 Å². The lowest BCUT2D eigenvalue weighted by atomic mass is 9.83. The van der Waals surface area contributed by atoms with E-state index in [2.05, 4.69) is 18.3 Å². The van der Waals surface area contributed by atoms with E-state index in [-0.39, 0.29) is 5.60 Å². The molecule has 2 heterocycles. The number of nitrogens with one attached hydrogen (secondary N) is 1. The number of hydrogen-bond donors (Lipinski definition) is 1. The van der Waals surface area contributed by atoms with E-state index >= 15 is 0 Å². The molecule has 116 valence electrons. The van der Waals surface area contributed by atoms with E-state index in [1.54, 1.807) is 0 Å². The lowest BCUT2D eigenvalue weighted by Gasteiger charge is -2.44. The van der Waals surface area contributed by atoms with Crippen molar-refractivity contribution < 1.29 is 9.47 Å². The van der Waals surface area contributed by atoms with Crippen LogP contribution in [-0.4, -0.2) is 31.5 Å². The van der Waals surface area contributed by atoms with Gasteiger partial charge in [-0.1, -0.05) is 23.7 Å². The average Bonchev–Trinajstić information content (AvgIpc) is 2.48. The van der Waals surface area contributed by atoms with Crippen LogP contribution in [0.25, 0.3) is 0 Å². The van der Waals surface area contributed by atoms with Crippen LogP contribution in [0.15, 0.2) is 24.3 Å². The molecule has 2 aliphatic rings. The first-order valence-corrected chi connectivity index (χ1v) is 8.28. The summed E-state index contributed by atoms with van der Waals surface area (Å²) in [7, 11) is 0. The van der Waals surface area contributed by atoms with Crippen LogP contribution >= 0.6 is 11.6 Å². The predicted octanol–water partition coefficient (Wildman–Crippen LogP) is 3.72. The van der Waals surface area contributed by atoms with Crippen LogP contribution in [0.1, 0.15) is 44.2 Å². The fourth-order valence-electron chi connectivity index (χ4n) is 3.49. The number of benzene rings is 1. The highest BCUT2D eigenvalue weighted by Crippen LogP contribution is 2.35. The summed E-state index contributed by atoms with van der Waals surface area (Å²) in [5.74, 6) is 0. The summed E-state index contributed by atoms with van der Waals surface area (Å²) in [5, 5.41) is 4.55. The third-order valence-electron chi connectivity index (χ3n) is 4.73. The van der Waals surface area contributed by atoms with Crippen LogP contribution in [-0.2, 0) is 9.47 Å². The maximum atomic E-state index is 6.10. The van der Waals surface area contributed by atoms with Crippen LogP contribution in [0.3, 0.4) is 0 Å². The van der Waals surface area contributed by atoms with Gasteiger partial charge in [-0.05, 0) is 50.3 Å². The summed E-state index contributed by atoms with van der Waals surface area (Å²) >= 11 is 6.09. The molecule has 2 aliphatic heterocycles. The maximum absolute atomic E-state index is 6.10. The van der Waals surface area contributed by atoms with Crippen LogP contribution < -0.4 is 5.32 Å². The van der Waals surface area contributed by atoms with Crippen molar-refractivity contribution in [3.05, 3.63) is 34.9 Å². The minimum Gasteiger partial charge on any atom is -0.381 e. The molecule has 1 aromatic rings. The summed E-state index contributed by atoms with van der Waals surface area (Å²) in [6.07, 6.45) is 4.21. The number of rotatable bonds is 3. The zero-order valence-electron chi connectivity index (χ0n) is 12.6. The van der Waals surface area contributed by atoms with Crippen molar-refractivity contribution in [3.8, 4) is 0 Å². The van der Waals surface area contributed by atoms with Gasteiger partial charge in [0, 0.05) is 36.9 Å². The highest BCUT2D eigenvalue weighted by atomic mass is 35.5. The predicted molar refractivity (Wildman–Crippen MR) is 84.8 cm³/mol. The Morgan fingerprint density at radius 3 is 2.86 bits per heavy atom. The van der Waals surface area contributed by atoms with E-state index in [0.29, 0.717) is 12.1 Å². The number of ether oxygens (including phenoxy) is 2. The minimum absolute atomic E-state index is 0.0439. The standard InChI is InChI=1S/C17H24ClNO2/c1-13(14-3-2-4-15(18)11-14)19-16-5-8-21-17(12-16)6-9-20-10-7-17/h2-4,11,13,16,19H,5-10,12H2,1H3/t13-,16?/m0/s1. The van der Waals surface area contributed by atoms with Gasteiger partial charge in [0.2, 0.25) is 0 Å². The van der Waals surface area contributed by atoms with E-state index in [1.165, 1.54) is 5.56 Å². The summed E-state index contributed by atoms with van der Waals surface area (Å²) in [4.78, 5) is 0. The normalized spacial score (nSPS) is 26.7. The average molecular weight is 310 g/mol. The summed E-state index contributed by atoms with van der Waals surface area (Å²) in [5.41, 5.74) is 1.29. The summed E-state index contributed by atoms with van der Waals surface area (Å²) in [6.45, 7) is 4.71. The monoisotopic (exact) mass is 309 g/mol. The Morgan fingerprint density at radius 2 is 2.10 bits per heavy atom. The molecule has 1 spiro atoms. The fraction of sp³-hybridized carbons (Fsp3) is 0.647. The van der Waals surface area contributed by atoms with Gasteiger partial charge in [-0.25, -0.2) is 0 Å². The van der Waals surface area contributed by atoms with Gasteiger partial charge in [-0.2, -0.15) is 0 Å². The van der Waals surface area contributed by atoms with Crippen LogP contribution in [0.5, 0.6) is 0 Å². The molecular formula is C17H24ClNO2. The van der Waals surface area contributed by atoms with Crippen molar-refractivity contribution in [1.82, 2.24) is 5.32 Å². The second-order valence-electron chi connectivity index (χ2n) is 6.28. The molecule has 2 atom stereocenters. The minimum atomic E-state index is 0.0439. The van der Waals surface area contributed by atoms with E-state index in [4.69, 9.17) is 21.1 Å². The largest absolute Gasteiger partial charge is 0.381 e. The topological polar surface area (TPSA) is 30.5 Å². The third kappa shape index (κ3) is 3.78. The number of halogens is 1. The summed E-state index contributed by atoms with van der Waals surface area (Å²) < 4.78 is 11.6. The van der Waals surface area contributed by atoms with Crippen LogP contribution in [0.2, 0.25) is 5.02 Å². The molecule has 0 radical (unpaired) electrons.